The fourth-order valence-corrected chi connectivity index (χ4v) is 2.63. The Kier molecular flexibility index (Phi) is 3.69. The van der Waals surface area contributed by atoms with E-state index in [-0.39, 0.29) is 12.5 Å². The van der Waals surface area contributed by atoms with Gasteiger partial charge in [-0.3, -0.25) is 4.79 Å². The highest BCUT2D eigenvalue weighted by atomic mass is 16.4. The number of aliphatic carboxylic acids is 1. The van der Waals surface area contributed by atoms with Gasteiger partial charge in [-0.1, -0.05) is 42.5 Å². The third-order valence-corrected chi connectivity index (χ3v) is 3.60. The number of hydrogen-bond donors (Lipinski definition) is 1. The summed E-state index contributed by atoms with van der Waals surface area (Å²) in [5.41, 5.74) is 2.99. The fraction of sp³-hybridized carbons (Fsp3) is 0.176. The molecule has 1 heterocycles. The van der Waals surface area contributed by atoms with Gasteiger partial charge in [0.05, 0.1) is 23.8 Å². The standard InChI is InChI=1S/C17H16N2O2/c20-17(21)11-14(10-13-6-2-1-3-7-13)19-12-18-15-8-4-5-9-16(15)19/h1-9,12,14H,10-11H2,(H,20,21)/t14-/m0/s1. The van der Waals surface area contributed by atoms with Crippen molar-refractivity contribution in [3.63, 3.8) is 0 Å². The molecule has 0 aliphatic rings. The zero-order valence-electron chi connectivity index (χ0n) is 11.5. The Morgan fingerprint density at radius 3 is 2.57 bits per heavy atom. The van der Waals surface area contributed by atoms with Crippen LogP contribution >= 0.6 is 0 Å². The van der Waals surface area contributed by atoms with Crippen LogP contribution in [-0.2, 0) is 11.2 Å². The molecule has 21 heavy (non-hydrogen) atoms. The lowest BCUT2D eigenvalue weighted by Crippen LogP contribution is -2.15. The van der Waals surface area contributed by atoms with Crippen molar-refractivity contribution < 1.29 is 9.90 Å². The van der Waals surface area contributed by atoms with Gasteiger partial charge in [-0.15, -0.1) is 0 Å². The first-order valence-corrected chi connectivity index (χ1v) is 6.91. The van der Waals surface area contributed by atoms with E-state index in [1.54, 1.807) is 6.33 Å². The summed E-state index contributed by atoms with van der Waals surface area (Å²) in [6.45, 7) is 0. The molecule has 2 aromatic carbocycles. The molecule has 1 atom stereocenters. The third kappa shape index (κ3) is 2.94. The van der Waals surface area contributed by atoms with E-state index < -0.39 is 5.97 Å². The van der Waals surface area contributed by atoms with E-state index in [0.717, 1.165) is 16.6 Å². The van der Waals surface area contributed by atoms with Crippen molar-refractivity contribution in [1.29, 1.82) is 0 Å². The van der Waals surface area contributed by atoms with Crippen LogP contribution in [0.4, 0.5) is 0 Å². The third-order valence-electron chi connectivity index (χ3n) is 3.60. The van der Waals surface area contributed by atoms with Crippen LogP contribution < -0.4 is 0 Å². The predicted molar refractivity (Wildman–Crippen MR) is 81.2 cm³/mol. The number of para-hydroxylation sites is 2. The summed E-state index contributed by atoms with van der Waals surface area (Å²) < 4.78 is 1.97. The maximum atomic E-state index is 11.2. The Morgan fingerprint density at radius 1 is 1.10 bits per heavy atom. The molecule has 0 spiro atoms. The topological polar surface area (TPSA) is 55.1 Å². The Balaban J connectivity index is 1.97. The van der Waals surface area contributed by atoms with Crippen molar-refractivity contribution in [1.82, 2.24) is 9.55 Å². The summed E-state index contributed by atoms with van der Waals surface area (Å²) in [4.78, 5) is 15.6. The van der Waals surface area contributed by atoms with Crippen molar-refractivity contribution in [2.45, 2.75) is 18.9 Å². The highest BCUT2D eigenvalue weighted by molar-refractivity contribution is 5.75. The normalized spacial score (nSPS) is 12.4. The quantitative estimate of drug-likeness (QED) is 0.780. The molecule has 0 aliphatic carbocycles. The minimum atomic E-state index is -0.797. The molecule has 0 aliphatic heterocycles. The molecule has 0 saturated carbocycles. The lowest BCUT2D eigenvalue weighted by Gasteiger charge is -2.18. The van der Waals surface area contributed by atoms with Gasteiger partial charge in [-0.05, 0) is 24.1 Å². The van der Waals surface area contributed by atoms with Crippen LogP contribution in [-0.4, -0.2) is 20.6 Å². The number of benzene rings is 2. The summed E-state index contributed by atoms with van der Waals surface area (Å²) in [6, 6.07) is 17.6. The number of hydrogen-bond acceptors (Lipinski definition) is 2. The Bertz CT molecular complexity index is 750. The Morgan fingerprint density at radius 2 is 1.81 bits per heavy atom. The molecule has 0 radical (unpaired) electrons. The molecule has 4 heteroatoms. The monoisotopic (exact) mass is 280 g/mol. The zero-order valence-corrected chi connectivity index (χ0v) is 11.5. The highest BCUT2D eigenvalue weighted by Crippen LogP contribution is 2.23. The molecule has 4 nitrogen and oxygen atoms in total. The SMILES string of the molecule is O=C(O)C[C@H](Cc1ccccc1)n1cnc2ccccc21. The highest BCUT2D eigenvalue weighted by Gasteiger charge is 2.18. The van der Waals surface area contributed by atoms with Crippen LogP contribution in [0.2, 0.25) is 0 Å². The first-order valence-electron chi connectivity index (χ1n) is 6.91. The maximum Gasteiger partial charge on any atom is 0.305 e. The maximum absolute atomic E-state index is 11.2. The van der Waals surface area contributed by atoms with Gasteiger partial charge in [-0.2, -0.15) is 0 Å². The summed E-state index contributed by atoms with van der Waals surface area (Å²) in [5, 5.41) is 9.20. The van der Waals surface area contributed by atoms with Gasteiger partial charge < -0.3 is 9.67 Å². The number of carboxylic acids is 1. The van der Waals surface area contributed by atoms with Gasteiger partial charge in [0, 0.05) is 6.04 Å². The van der Waals surface area contributed by atoms with Crippen LogP contribution in [0.5, 0.6) is 0 Å². The van der Waals surface area contributed by atoms with Gasteiger partial charge >= 0.3 is 5.97 Å². The predicted octanol–water partition coefficient (Wildman–Crippen LogP) is 3.29. The number of fused-ring (bicyclic) bond motifs is 1. The van der Waals surface area contributed by atoms with Crippen molar-refractivity contribution in [3.05, 3.63) is 66.5 Å². The van der Waals surface area contributed by atoms with Gasteiger partial charge in [0.25, 0.3) is 0 Å². The molecular weight excluding hydrogens is 264 g/mol. The fourth-order valence-electron chi connectivity index (χ4n) is 2.63. The molecule has 0 unspecified atom stereocenters. The van der Waals surface area contributed by atoms with Crippen LogP contribution in [0.3, 0.4) is 0 Å². The van der Waals surface area contributed by atoms with Crippen LogP contribution in [0.1, 0.15) is 18.0 Å². The molecule has 3 rings (SSSR count). The van der Waals surface area contributed by atoms with E-state index in [1.807, 2.05) is 59.2 Å². The molecule has 1 N–H and O–H groups in total. The van der Waals surface area contributed by atoms with Gasteiger partial charge in [0.1, 0.15) is 0 Å². The van der Waals surface area contributed by atoms with Crippen molar-refractivity contribution in [3.8, 4) is 0 Å². The number of nitrogens with zero attached hydrogens (tertiary/aromatic N) is 2. The first-order chi connectivity index (χ1) is 10.2. The molecule has 0 saturated heterocycles. The number of carbonyl (C=O) groups is 1. The van der Waals surface area contributed by atoms with Gasteiger partial charge in [0.15, 0.2) is 0 Å². The number of aromatic nitrogens is 2. The molecule has 0 fully saturated rings. The van der Waals surface area contributed by atoms with Crippen molar-refractivity contribution >= 4 is 17.0 Å². The van der Waals surface area contributed by atoms with E-state index in [4.69, 9.17) is 0 Å². The van der Waals surface area contributed by atoms with Gasteiger partial charge in [-0.25, -0.2) is 4.98 Å². The molecule has 1 aromatic heterocycles. The summed E-state index contributed by atoms with van der Waals surface area (Å²) in [7, 11) is 0. The van der Waals surface area contributed by atoms with E-state index in [9.17, 15) is 9.90 Å². The minimum Gasteiger partial charge on any atom is -0.481 e. The van der Waals surface area contributed by atoms with Crippen LogP contribution in [0.25, 0.3) is 11.0 Å². The summed E-state index contributed by atoms with van der Waals surface area (Å²) >= 11 is 0. The summed E-state index contributed by atoms with van der Waals surface area (Å²) in [6.07, 6.45) is 2.49. The second-order valence-corrected chi connectivity index (χ2v) is 5.08. The Hall–Kier alpha value is -2.62. The molecule has 0 amide bonds. The molecule has 106 valence electrons. The van der Waals surface area contributed by atoms with E-state index in [1.165, 1.54) is 0 Å². The smallest absolute Gasteiger partial charge is 0.305 e. The lowest BCUT2D eigenvalue weighted by molar-refractivity contribution is -0.137. The Labute approximate surface area is 122 Å². The summed E-state index contributed by atoms with van der Waals surface area (Å²) in [5.74, 6) is -0.797. The average molecular weight is 280 g/mol. The van der Waals surface area contributed by atoms with E-state index in [0.29, 0.717) is 6.42 Å². The molecular formula is C17H16N2O2. The lowest BCUT2D eigenvalue weighted by atomic mass is 10.0. The van der Waals surface area contributed by atoms with Crippen LogP contribution in [0.15, 0.2) is 60.9 Å². The molecule has 3 aromatic rings. The van der Waals surface area contributed by atoms with Crippen molar-refractivity contribution in [2.75, 3.05) is 0 Å². The second-order valence-electron chi connectivity index (χ2n) is 5.08. The van der Waals surface area contributed by atoms with Crippen molar-refractivity contribution in [2.24, 2.45) is 0 Å². The minimum absolute atomic E-state index is 0.0786. The largest absolute Gasteiger partial charge is 0.481 e. The number of rotatable bonds is 5. The van der Waals surface area contributed by atoms with E-state index >= 15 is 0 Å². The average Bonchev–Trinajstić information content (AvgIpc) is 2.91. The van der Waals surface area contributed by atoms with Gasteiger partial charge in [0.2, 0.25) is 0 Å². The first kappa shape index (κ1) is 13.4. The van der Waals surface area contributed by atoms with E-state index in [2.05, 4.69) is 4.98 Å². The number of carboxylic acid groups (broad SMARTS) is 1. The number of imidazole rings is 1. The second kappa shape index (κ2) is 5.79. The zero-order chi connectivity index (χ0) is 14.7. The molecule has 0 bridgehead atoms. The van der Waals surface area contributed by atoms with Crippen LogP contribution in [0, 0.1) is 0 Å².